The highest BCUT2D eigenvalue weighted by atomic mass is 16.5. The summed E-state index contributed by atoms with van der Waals surface area (Å²) in [6.45, 7) is 1.60. The van der Waals surface area contributed by atoms with E-state index in [0.717, 1.165) is 5.56 Å². The summed E-state index contributed by atoms with van der Waals surface area (Å²) in [5, 5.41) is 18.5. The first-order chi connectivity index (χ1) is 9.63. The number of hydrogen-bond donors (Lipinski definition) is 2. The number of aliphatic hydroxyl groups is 2. The molecule has 2 aromatic rings. The Hall–Kier alpha value is -2.11. The molecular formula is C15H17NO4. The molecule has 0 saturated heterocycles. The number of benzene rings is 1. The largest absolute Gasteiger partial charge is 0.493 e. The van der Waals surface area contributed by atoms with E-state index in [1.54, 1.807) is 43.5 Å². The number of aliphatic hydroxyl groups excluding tert-OH is 2. The van der Waals surface area contributed by atoms with E-state index in [0.29, 0.717) is 22.9 Å². The van der Waals surface area contributed by atoms with Crippen LogP contribution in [0.1, 0.15) is 24.3 Å². The summed E-state index contributed by atoms with van der Waals surface area (Å²) >= 11 is 0. The molecule has 0 radical (unpaired) electrons. The van der Waals surface area contributed by atoms with Crippen LogP contribution < -0.4 is 9.47 Å². The molecule has 2 rings (SSSR count). The number of hydrogen-bond acceptors (Lipinski definition) is 5. The maximum atomic E-state index is 9.40. The molecule has 0 aliphatic carbocycles. The van der Waals surface area contributed by atoms with Crippen molar-refractivity contribution in [2.45, 2.75) is 19.6 Å². The average Bonchev–Trinajstić information content (AvgIpc) is 2.48. The van der Waals surface area contributed by atoms with Gasteiger partial charge in [0.2, 0.25) is 0 Å². The van der Waals surface area contributed by atoms with Gasteiger partial charge in [0.1, 0.15) is 5.75 Å². The predicted octanol–water partition coefficient (Wildman–Crippen LogP) is 2.43. The molecule has 5 heteroatoms. The third-order valence-corrected chi connectivity index (χ3v) is 2.83. The Morgan fingerprint density at radius 2 is 2.00 bits per heavy atom. The molecule has 0 spiro atoms. The van der Waals surface area contributed by atoms with Crippen molar-refractivity contribution in [1.29, 1.82) is 0 Å². The molecule has 0 fully saturated rings. The number of methoxy groups -OCH3 is 1. The molecule has 1 heterocycles. The van der Waals surface area contributed by atoms with Crippen molar-refractivity contribution in [2.24, 2.45) is 0 Å². The SMILES string of the molecule is COc1cc(CO)ccc1Oc1ccc(C(C)O)nc1. The van der Waals surface area contributed by atoms with Crippen LogP contribution in [0.4, 0.5) is 0 Å². The molecule has 1 atom stereocenters. The molecule has 5 nitrogen and oxygen atoms in total. The number of pyridine rings is 1. The minimum absolute atomic E-state index is 0.0543. The summed E-state index contributed by atoms with van der Waals surface area (Å²) in [6.07, 6.45) is 0.934. The van der Waals surface area contributed by atoms with Gasteiger partial charge in [0.15, 0.2) is 11.5 Å². The van der Waals surface area contributed by atoms with Gasteiger partial charge in [-0.2, -0.15) is 0 Å². The van der Waals surface area contributed by atoms with Crippen molar-refractivity contribution in [2.75, 3.05) is 7.11 Å². The summed E-state index contributed by atoms with van der Waals surface area (Å²) in [5.74, 6) is 1.62. The van der Waals surface area contributed by atoms with Crippen molar-refractivity contribution in [3.63, 3.8) is 0 Å². The monoisotopic (exact) mass is 275 g/mol. The molecule has 2 N–H and O–H groups in total. The second-order valence-electron chi connectivity index (χ2n) is 4.34. The van der Waals surface area contributed by atoms with Crippen LogP contribution in [0.3, 0.4) is 0 Å². The quantitative estimate of drug-likeness (QED) is 0.876. The van der Waals surface area contributed by atoms with Crippen LogP contribution >= 0.6 is 0 Å². The van der Waals surface area contributed by atoms with Gasteiger partial charge in [-0.3, -0.25) is 4.98 Å². The lowest BCUT2D eigenvalue weighted by molar-refractivity contribution is 0.194. The zero-order valence-corrected chi connectivity index (χ0v) is 11.4. The Morgan fingerprint density at radius 1 is 1.20 bits per heavy atom. The van der Waals surface area contributed by atoms with Gasteiger partial charge in [-0.15, -0.1) is 0 Å². The van der Waals surface area contributed by atoms with E-state index in [1.165, 1.54) is 7.11 Å². The topological polar surface area (TPSA) is 71.8 Å². The number of rotatable bonds is 5. The number of aromatic nitrogens is 1. The second kappa shape index (κ2) is 6.36. The van der Waals surface area contributed by atoms with Crippen molar-refractivity contribution < 1.29 is 19.7 Å². The van der Waals surface area contributed by atoms with Gasteiger partial charge in [0.05, 0.1) is 31.7 Å². The Balaban J connectivity index is 2.20. The van der Waals surface area contributed by atoms with E-state index in [-0.39, 0.29) is 6.61 Å². The minimum Gasteiger partial charge on any atom is -0.493 e. The molecule has 1 aromatic carbocycles. The normalized spacial score (nSPS) is 12.0. The van der Waals surface area contributed by atoms with Crippen molar-refractivity contribution >= 4 is 0 Å². The first kappa shape index (κ1) is 14.3. The summed E-state index contributed by atoms with van der Waals surface area (Å²) < 4.78 is 10.9. The molecule has 106 valence electrons. The van der Waals surface area contributed by atoms with Crippen LogP contribution in [0.2, 0.25) is 0 Å². The summed E-state index contributed by atoms with van der Waals surface area (Å²) in [6, 6.07) is 8.64. The third-order valence-electron chi connectivity index (χ3n) is 2.83. The zero-order valence-electron chi connectivity index (χ0n) is 11.4. The highest BCUT2D eigenvalue weighted by Crippen LogP contribution is 2.32. The Bertz CT molecular complexity index is 567. The van der Waals surface area contributed by atoms with Gasteiger partial charge in [-0.05, 0) is 36.8 Å². The first-order valence-electron chi connectivity index (χ1n) is 6.23. The van der Waals surface area contributed by atoms with Crippen LogP contribution in [-0.2, 0) is 6.61 Å². The van der Waals surface area contributed by atoms with Crippen LogP contribution in [-0.4, -0.2) is 22.3 Å². The smallest absolute Gasteiger partial charge is 0.169 e. The molecule has 1 unspecified atom stereocenters. The third kappa shape index (κ3) is 3.26. The molecular weight excluding hydrogens is 258 g/mol. The van der Waals surface area contributed by atoms with E-state index in [9.17, 15) is 5.11 Å². The standard InChI is InChI=1S/C15H17NO4/c1-10(18)13-5-4-12(8-16-13)20-14-6-3-11(9-17)7-15(14)19-2/h3-8,10,17-18H,9H2,1-2H3. The van der Waals surface area contributed by atoms with Crippen LogP contribution in [0, 0.1) is 0 Å². The van der Waals surface area contributed by atoms with Crippen molar-refractivity contribution in [3.8, 4) is 17.2 Å². The predicted molar refractivity (Wildman–Crippen MR) is 73.9 cm³/mol. The summed E-state index contributed by atoms with van der Waals surface area (Å²) in [4.78, 5) is 4.11. The van der Waals surface area contributed by atoms with Gasteiger partial charge >= 0.3 is 0 Å². The van der Waals surface area contributed by atoms with Crippen molar-refractivity contribution in [1.82, 2.24) is 4.98 Å². The molecule has 0 saturated carbocycles. The Kier molecular flexibility index (Phi) is 4.55. The van der Waals surface area contributed by atoms with E-state index >= 15 is 0 Å². The average molecular weight is 275 g/mol. The van der Waals surface area contributed by atoms with E-state index in [1.807, 2.05) is 0 Å². The van der Waals surface area contributed by atoms with Crippen molar-refractivity contribution in [3.05, 3.63) is 47.8 Å². The van der Waals surface area contributed by atoms with E-state index in [4.69, 9.17) is 14.6 Å². The second-order valence-corrected chi connectivity index (χ2v) is 4.34. The van der Waals surface area contributed by atoms with Gasteiger partial charge in [0, 0.05) is 0 Å². The maximum Gasteiger partial charge on any atom is 0.169 e. The lowest BCUT2D eigenvalue weighted by atomic mass is 10.2. The maximum absolute atomic E-state index is 9.40. The first-order valence-corrected chi connectivity index (χ1v) is 6.23. The summed E-state index contributed by atoms with van der Waals surface area (Å²) in [5.41, 5.74) is 1.33. The zero-order chi connectivity index (χ0) is 14.5. The van der Waals surface area contributed by atoms with Crippen LogP contribution in [0.5, 0.6) is 17.2 Å². The molecule has 0 aliphatic rings. The van der Waals surface area contributed by atoms with Gasteiger partial charge < -0.3 is 19.7 Å². The summed E-state index contributed by atoms with van der Waals surface area (Å²) in [7, 11) is 1.54. The molecule has 20 heavy (non-hydrogen) atoms. The fourth-order valence-electron chi connectivity index (χ4n) is 1.72. The molecule has 0 amide bonds. The van der Waals surface area contributed by atoms with Crippen LogP contribution in [0.25, 0.3) is 0 Å². The minimum atomic E-state index is -0.609. The Labute approximate surface area is 117 Å². The molecule has 1 aromatic heterocycles. The van der Waals surface area contributed by atoms with E-state index in [2.05, 4.69) is 4.98 Å². The van der Waals surface area contributed by atoms with Gasteiger partial charge in [0.25, 0.3) is 0 Å². The van der Waals surface area contributed by atoms with Crippen LogP contribution in [0.15, 0.2) is 36.5 Å². The lowest BCUT2D eigenvalue weighted by Gasteiger charge is -2.11. The van der Waals surface area contributed by atoms with Gasteiger partial charge in [-0.25, -0.2) is 0 Å². The lowest BCUT2D eigenvalue weighted by Crippen LogP contribution is -1.96. The molecule has 0 bridgehead atoms. The Morgan fingerprint density at radius 3 is 2.55 bits per heavy atom. The highest BCUT2D eigenvalue weighted by Gasteiger charge is 2.08. The van der Waals surface area contributed by atoms with E-state index < -0.39 is 6.10 Å². The van der Waals surface area contributed by atoms with Gasteiger partial charge in [-0.1, -0.05) is 6.07 Å². The number of nitrogens with zero attached hydrogens (tertiary/aromatic N) is 1. The highest BCUT2D eigenvalue weighted by molar-refractivity contribution is 5.45. The fraction of sp³-hybridized carbons (Fsp3) is 0.267. The fourth-order valence-corrected chi connectivity index (χ4v) is 1.72. The number of ether oxygens (including phenoxy) is 2. The molecule has 0 aliphatic heterocycles.